The monoisotopic (exact) mass is 358 g/mol. The number of benzene rings is 1. The molecule has 23 heavy (non-hydrogen) atoms. The van der Waals surface area contributed by atoms with E-state index in [4.69, 9.17) is 16.3 Å². The van der Waals surface area contributed by atoms with Gasteiger partial charge in [-0.1, -0.05) is 11.6 Å². The number of ether oxygens (including phenoxy) is 1. The third kappa shape index (κ3) is 2.56. The highest BCUT2D eigenvalue weighted by Gasteiger charge is 2.31. The van der Waals surface area contributed by atoms with Crippen molar-refractivity contribution in [1.82, 2.24) is 4.90 Å². The number of phenols is 2. The van der Waals surface area contributed by atoms with Gasteiger partial charge in [-0.2, -0.15) is 0 Å². The van der Waals surface area contributed by atoms with Gasteiger partial charge in [0.15, 0.2) is 5.75 Å². The number of nitrogens with zero attached hydrogens (tertiary/aromatic N) is 2. The number of morpholine rings is 1. The molecule has 2 aromatic rings. The molecule has 0 aliphatic carbocycles. The van der Waals surface area contributed by atoms with Gasteiger partial charge in [-0.25, -0.2) is 0 Å². The Morgan fingerprint density at radius 2 is 2.04 bits per heavy atom. The molecule has 1 aromatic carbocycles. The number of hydrogen-bond donors (Lipinski definition) is 2. The molecule has 8 nitrogen and oxygen atoms in total. The zero-order valence-electron chi connectivity index (χ0n) is 11.6. The van der Waals surface area contributed by atoms with Gasteiger partial charge >= 0.3 is 5.69 Å². The summed E-state index contributed by atoms with van der Waals surface area (Å²) in [7, 11) is 0. The lowest BCUT2D eigenvalue weighted by molar-refractivity contribution is -0.384. The van der Waals surface area contributed by atoms with Gasteiger partial charge in [0.2, 0.25) is 5.75 Å². The fourth-order valence-corrected chi connectivity index (χ4v) is 3.95. The number of amides is 1. The van der Waals surface area contributed by atoms with Crippen LogP contribution in [0.2, 0.25) is 5.02 Å². The molecule has 1 aliphatic heterocycles. The lowest BCUT2D eigenvalue weighted by Gasteiger charge is -2.26. The van der Waals surface area contributed by atoms with Gasteiger partial charge in [0.25, 0.3) is 5.91 Å². The summed E-state index contributed by atoms with van der Waals surface area (Å²) in [6.07, 6.45) is 0. The number of phenolic OH excluding ortho intramolecular Hbond substituents is 2. The third-order valence-electron chi connectivity index (χ3n) is 3.52. The number of aromatic hydroxyl groups is 2. The molecule has 0 spiro atoms. The molecule has 1 aliphatic rings. The number of hydrogen-bond acceptors (Lipinski definition) is 7. The highest BCUT2D eigenvalue weighted by Crippen LogP contribution is 2.48. The summed E-state index contributed by atoms with van der Waals surface area (Å²) >= 11 is 7.12. The zero-order valence-corrected chi connectivity index (χ0v) is 13.2. The van der Waals surface area contributed by atoms with Gasteiger partial charge in [-0.3, -0.25) is 14.9 Å². The van der Waals surface area contributed by atoms with Crippen molar-refractivity contribution < 1.29 is 24.7 Å². The van der Waals surface area contributed by atoms with Crippen LogP contribution in [0.4, 0.5) is 5.69 Å². The molecule has 0 radical (unpaired) electrons. The maximum atomic E-state index is 12.5. The number of thiophene rings is 1. The Morgan fingerprint density at radius 3 is 2.65 bits per heavy atom. The minimum atomic E-state index is -0.868. The highest BCUT2D eigenvalue weighted by molar-refractivity contribution is 7.21. The minimum Gasteiger partial charge on any atom is -0.504 e. The fourth-order valence-electron chi connectivity index (χ4n) is 2.41. The van der Waals surface area contributed by atoms with E-state index >= 15 is 0 Å². The van der Waals surface area contributed by atoms with Crippen LogP contribution < -0.4 is 0 Å². The van der Waals surface area contributed by atoms with Gasteiger partial charge in [0, 0.05) is 23.9 Å². The van der Waals surface area contributed by atoms with Gasteiger partial charge in [-0.05, 0) is 0 Å². The topological polar surface area (TPSA) is 113 Å². The van der Waals surface area contributed by atoms with Crippen molar-refractivity contribution >= 4 is 44.6 Å². The van der Waals surface area contributed by atoms with Crippen LogP contribution in [-0.2, 0) is 4.74 Å². The second-order valence-electron chi connectivity index (χ2n) is 4.87. The number of nitro benzene ring substituents is 1. The first-order valence-electron chi connectivity index (χ1n) is 6.60. The molecule has 10 heteroatoms. The van der Waals surface area contributed by atoms with E-state index in [1.165, 1.54) is 0 Å². The molecule has 1 saturated heterocycles. The molecule has 2 heterocycles. The number of halogens is 1. The van der Waals surface area contributed by atoms with Crippen molar-refractivity contribution in [1.29, 1.82) is 0 Å². The molecular weight excluding hydrogens is 348 g/mol. The second-order valence-corrected chi connectivity index (χ2v) is 6.30. The second kappa shape index (κ2) is 5.84. The molecule has 0 saturated carbocycles. The van der Waals surface area contributed by atoms with Crippen LogP contribution in [0, 0.1) is 10.1 Å². The summed E-state index contributed by atoms with van der Waals surface area (Å²) < 4.78 is 5.44. The van der Waals surface area contributed by atoms with Crippen LogP contribution in [0.25, 0.3) is 10.1 Å². The smallest absolute Gasteiger partial charge is 0.324 e. The van der Waals surface area contributed by atoms with E-state index in [-0.39, 0.29) is 25.9 Å². The van der Waals surface area contributed by atoms with Crippen LogP contribution in [0.15, 0.2) is 6.07 Å². The average Bonchev–Trinajstić information content (AvgIpc) is 2.85. The Bertz CT molecular complexity index is 815. The molecule has 0 atom stereocenters. The maximum Gasteiger partial charge on any atom is 0.324 e. The third-order valence-corrected chi connectivity index (χ3v) is 5.14. The molecular formula is C13H11ClN2O6S. The Hall–Kier alpha value is -2.10. The Morgan fingerprint density at radius 1 is 1.39 bits per heavy atom. The quantitative estimate of drug-likeness (QED) is 0.484. The lowest BCUT2D eigenvalue weighted by atomic mass is 10.2. The van der Waals surface area contributed by atoms with Crippen LogP contribution in [0.1, 0.15) is 9.67 Å². The first-order valence-corrected chi connectivity index (χ1v) is 7.79. The Kier molecular flexibility index (Phi) is 4.00. The lowest BCUT2D eigenvalue weighted by Crippen LogP contribution is -2.40. The molecule has 3 rings (SSSR count). The molecule has 0 bridgehead atoms. The van der Waals surface area contributed by atoms with Gasteiger partial charge in [0.05, 0.1) is 28.5 Å². The predicted molar refractivity (Wildman–Crippen MR) is 83.5 cm³/mol. The first-order chi connectivity index (χ1) is 10.9. The van der Waals surface area contributed by atoms with E-state index < -0.39 is 22.1 Å². The standard InChI is InChI=1S/C13H11ClN2O6S/c14-9-8-7(5-6(17)11(18)10(8)16(20)21)23-12(9)13(19)15-1-3-22-4-2-15/h5,17-18H,1-4H2. The summed E-state index contributed by atoms with van der Waals surface area (Å²) in [6.45, 7) is 1.63. The summed E-state index contributed by atoms with van der Waals surface area (Å²) in [5.74, 6) is -1.85. The van der Waals surface area contributed by atoms with Crippen LogP contribution in [0.5, 0.6) is 11.5 Å². The van der Waals surface area contributed by atoms with E-state index in [2.05, 4.69) is 0 Å². The Balaban J connectivity index is 2.17. The minimum absolute atomic E-state index is 0.0476. The molecule has 2 N–H and O–H groups in total. The normalized spacial score (nSPS) is 15.1. The molecule has 1 fully saturated rings. The number of carbonyl (C=O) groups is 1. The van der Waals surface area contributed by atoms with Crippen LogP contribution >= 0.6 is 22.9 Å². The van der Waals surface area contributed by atoms with Gasteiger partial charge < -0.3 is 19.8 Å². The SMILES string of the molecule is O=C(c1sc2cc(O)c(O)c([N+](=O)[O-])c2c1Cl)N1CCOCC1. The van der Waals surface area contributed by atoms with Crippen molar-refractivity contribution in [3.05, 3.63) is 26.1 Å². The van der Waals surface area contributed by atoms with E-state index in [1.807, 2.05) is 0 Å². The van der Waals surface area contributed by atoms with E-state index in [1.54, 1.807) is 4.90 Å². The fraction of sp³-hybridized carbons (Fsp3) is 0.308. The number of rotatable bonds is 2. The summed E-state index contributed by atoms with van der Waals surface area (Å²) in [5, 5.41) is 30.4. The van der Waals surface area contributed by atoms with E-state index in [9.17, 15) is 25.1 Å². The summed E-state index contributed by atoms with van der Waals surface area (Å²) in [4.78, 5) is 24.6. The number of nitro groups is 1. The molecule has 1 aromatic heterocycles. The van der Waals surface area contributed by atoms with Crippen LogP contribution in [0.3, 0.4) is 0 Å². The molecule has 1 amide bonds. The number of carbonyl (C=O) groups excluding carboxylic acids is 1. The van der Waals surface area contributed by atoms with Gasteiger partial charge in [-0.15, -0.1) is 11.3 Å². The van der Waals surface area contributed by atoms with Crippen LogP contribution in [-0.4, -0.2) is 52.2 Å². The Labute approximate surface area is 138 Å². The largest absolute Gasteiger partial charge is 0.504 e. The average molecular weight is 359 g/mol. The predicted octanol–water partition coefficient (Wildman–Crippen LogP) is 2.35. The van der Waals surface area contributed by atoms with Gasteiger partial charge in [0.1, 0.15) is 4.88 Å². The summed E-state index contributed by atoms with van der Waals surface area (Å²) in [6, 6.07) is 1.16. The van der Waals surface area contributed by atoms with Crippen molar-refractivity contribution in [3.63, 3.8) is 0 Å². The number of fused-ring (bicyclic) bond motifs is 1. The maximum absolute atomic E-state index is 12.5. The van der Waals surface area contributed by atoms with E-state index in [0.29, 0.717) is 26.3 Å². The first kappa shape index (κ1) is 15.8. The highest BCUT2D eigenvalue weighted by atomic mass is 35.5. The van der Waals surface area contributed by atoms with E-state index in [0.717, 1.165) is 17.4 Å². The van der Waals surface area contributed by atoms with Crippen molar-refractivity contribution in [2.45, 2.75) is 0 Å². The molecule has 0 unspecified atom stereocenters. The summed E-state index contributed by atoms with van der Waals surface area (Å²) in [5.41, 5.74) is -0.706. The molecule has 122 valence electrons. The van der Waals surface area contributed by atoms with Crippen molar-refractivity contribution in [2.24, 2.45) is 0 Å². The van der Waals surface area contributed by atoms with Crippen molar-refractivity contribution in [3.8, 4) is 11.5 Å². The zero-order chi connectivity index (χ0) is 16.7. The van der Waals surface area contributed by atoms with Crippen molar-refractivity contribution in [2.75, 3.05) is 26.3 Å².